The van der Waals surface area contributed by atoms with E-state index in [-0.39, 0.29) is 29.1 Å². The first-order valence-corrected chi connectivity index (χ1v) is 6.98. The Balaban J connectivity index is 2.79. The minimum atomic E-state index is -0.534. The summed E-state index contributed by atoms with van der Waals surface area (Å²) in [5, 5.41) is 5.79. The van der Waals surface area contributed by atoms with Crippen LogP contribution in [-0.4, -0.2) is 43.4 Å². The first-order chi connectivity index (χ1) is 9.76. The third-order valence-electron chi connectivity index (χ3n) is 3.05. The number of hydrogen-bond donors (Lipinski definition) is 3. The van der Waals surface area contributed by atoms with Gasteiger partial charge in [-0.3, -0.25) is 14.5 Å². The van der Waals surface area contributed by atoms with Crippen molar-refractivity contribution in [1.29, 1.82) is 0 Å². The fraction of sp³-hybridized carbons (Fsp3) is 0.385. The van der Waals surface area contributed by atoms with E-state index in [1.165, 1.54) is 19.2 Å². The number of anilines is 2. The second-order valence-corrected chi connectivity index (χ2v) is 5.45. The standard InChI is InChI=1S/C13H18Cl2N4O2/c1-7(19(3)6-11(20)17-2)13(21)18-12-9(15)4-8(14)5-10(12)16/h4-5,7H,6,16H2,1-3H3,(H,17,20)(H,18,21). The lowest BCUT2D eigenvalue weighted by Crippen LogP contribution is -2.44. The highest BCUT2D eigenvalue weighted by atomic mass is 35.5. The number of nitrogens with two attached hydrogens (primary N) is 1. The third kappa shape index (κ3) is 4.77. The van der Waals surface area contributed by atoms with Crippen LogP contribution in [0.4, 0.5) is 11.4 Å². The molecule has 1 rings (SSSR count). The highest BCUT2D eigenvalue weighted by Crippen LogP contribution is 2.32. The van der Waals surface area contributed by atoms with Gasteiger partial charge in [0.25, 0.3) is 0 Å². The SMILES string of the molecule is CNC(=O)CN(C)C(C)C(=O)Nc1c(N)cc(Cl)cc1Cl. The van der Waals surface area contributed by atoms with Crippen LogP contribution in [0.1, 0.15) is 6.92 Å². The minimum Gasteiger partial charge on any atom is -0.397 e. The van der Waals surface area contributed by atoms with Crippen molar-refractivity contribution in [3.63, 3.8) is 0 Å². The number of nitrogens with zero attached hydrogens (tertiary/aromatic N) is 1. The van der Waals surface area contributed by atoms with Crippen molar-refractivity contribution >= 4 is 46.4 Å². The lowest BCUT2D eigenvalue weighted by Gasteiger charge is -2.23. The molecule has 0 radical (unpaired) electrons. The zero-order chi connectivity index (χ0) is 16.2. The Kier molecular flexibility index (Phi) is 6.26. The third-order valence-corrected chi connectivity index (χ3v) is 3.56. The van der Waals surface area contributed by atoms with Crippen molar-refractivity contribution < 1.29 is 9.59 Å². The number of benzene rings is 1. The van der Waals surface area contributed by atoms with Crippen molar-refractivity contribution in [2.75, 3.05) is 31.7 Å². The van der Waals surface area contributed by atoms with Gasteiger partial charge in [-0.2, -0.15) is 0 Å². The predicted octanol–water partition coefficient (Wildman–Crippen LogP) is 1.58. The van der Waals surface area contributed by atoms with Gasteiger partial charge in [0.05, 0.1) is 29.0 Å². The van der Waals surface area contributed by atoms with E-state index in [0.29, 0.717) is 10.7 Å². The Labute approximate surface area is 133 Å². The van der Waals surface area contributed by atoms with Gasteiger partial charge in [-0.15, -0.1) is 0 Å². The van der Waals surface area contributed by atoms with Crippen LogP contribution in [0, 0.1) is 0 Å². The lowest BCUT2D eigenvalue weighted by molar-refractivity contribution is -0.124. The predicted molar refractivity (Wildman–Crippen MR) is 85.7 cm³/mol. The Bertz CT molecular complexity index is 528. The van der Waals surface area contributed by atoms with Gasteiger partial charge < -0.3 is 16.4 Å². The Morgan fingerprint density at radius 3 is 2.52 bits per heavy atom. The van der Waals surface area contributed by atoms with Gasteiger partial charge in [-0.05, 0) is 26.1 Å². The van der Waals surface area contributed by atoms with Crippen molar-refractivity contribution in [2.45, 2.75) is 13.0 Å². The molecule has 21 heavy (non-hydrogen) atoms. The van der Waals surface area contributed by atoms with E-state index >= 15 is 0 Å². The van der Waals surface area contributed by atoms with Crippen LogP contribution in [0.15, 0.2) is 12.1 Å². The number of hydrogen-bond acceptors (Lipinski definition) is 4. The summed E-state index contributed by atoms with van der Waals surface area (Å²) in [6.07, 6.45) is 0. The second kappa shape index (κ2) is 7.49. The molecule has 0 aliphatic carbocycles. The topological polar surface area (TPSA) is 87.5 Å². The molecular formula is C13H18Cl2N4O2. The fourth-order valence-electron chi connectivity index (χ4n) is 1.60. The minimum absolute atomic E-state index is 0.106. The Morgan fingerprint density at radius 1 is 1.38 bits per heavy atom. The summed E-state index contributed by atoms with van der Waals surface area (Å²) < 4.78 is 0. The van der Waals surface area contributed by atoms with Crippen molar-refractivity contribution in [1.82, 2.24) is 10.2 Å². The number of carbonyl (C=O) groups excluding carboxylic acids is 2. The summed E-state index contributed by atoms with van der Waals surface area (Å²) in [5.41, 5.74) is 6.38. The summed E-state index contributed by atoms with van der Waals surface area (Å²) in [4.78, 5) is 25.1. The summed E-state index contributed by atoms with van der Waals surface area (Å²) in [6.45, 7) is 1.78. The van der Waals surface area contributed by atoms with E-state index in [2.05, 4.69) is 10.6 Å². The first kappa shape index (κ1) is 17.6. The van der Waals surface area contributed by atoms with Gasteiger partial charge in [0, 0.05) is 12.1 Å². The molecule has 1 aromatic rings. The lowest BCUT2D eigenvalue weighted by atomic mass is 10.2. The normalized spacial score (nSPS) is 12.1. The average Bonchev–Trinajstić information content (AvgIpc) is 2.41. The summed E-state index contributed by atoms with van der Waals surface area (Å²) >= 11 is 11.8. The van der Waals surface area contributed by atoms with Crippen molar-refractivity contribution in [2.24, 2.45) is 0 Å². The van der Waals surface area contributed by atoms with Gasteiger partial charge in [-0.1, -0.05) is 23.2 Å². The average molecular weight is 333 g/mol. The molecule has 6 nitrogen and oxygen atoms in total. The quantitative estimate of drug-likeness (QED) is 0.714. The molecule has 0 heterocycles. The highest BCUT2D eigenvalue weighted by Gasteiger charge is 2.21. The van der Waals surface area contributed by atoms with E-state index in [9.17, 15) is 9.59 Å². The molecule has 1 atom stereocenters. The van der Waals surface area contributed by atoms with Gasteiger partial charge in [-0.25, -0.2) is 0 Å². The largest absolute Gasteiger partial charge is 0.397 e. The molecule has 4 N–H and O–H groups in total. The van der Waals surface area contributed by atoms with E-state index in [4.69, 9.17) is 28.9 Å². The van der Waals surface area contributed by atoms with Crippen molar-refractivity contribution in [3.8, 4) is 0 Å². The molecule has 0 fully saturated rings. The highest BCUT2D eigenvalue weighted by molar-refractivity contribution is 6.37. The molecule has 0 aromatic heterocycles. The zero-order valence-corrected chi connectivity index (χ0v) is 13.5. The fourth-order valence-corrected chi connectivity index (χ4v) is 2.15. The molecule has 0 saturated carbocycles. The number of nitrogen functional groups attached to an aromatic ring is 1. The summed E-state index contributed by atoms with van der Waals surface area (Å²) in [5.74, 6) is -0.501. The molecule has 0 bridgehead atoms. The number of nitrogens with one attached hydrogen (secondary N) is 2. The summed E-state index contributed by atoms with van der Waals surface area (Å²) in [6, 6.07) is 2.46. The molecule has 0 spiro atoms. The number of halogens is 2. The molecule has 0 aliphatic heterocycles. The summed E-state index contributed by atoms with van der Waals surface area (Å²) in [7, 11) is 3.21. The smallest absolute Gasteiger partial charge is 0.241 e. The first-order valence-electron chi connectivity index (χ1n) is 6.22. The Hall–Kier alpha value is -1.50. The Morgan fingerprint density at radius 2 is 2.00 bits per heavy atom. The van der Waals surface area contributed by atoms with Crippen LogP contribution in [0.3, 0.4) is 0 Å². The molecule has 0 saturated heterocycles. The maximum Gasteiger partial charge on any atom is 0.241 e. The van der Waals surface area contributed by atoms with E-state index in [1.807, 2.05) is 0 Å². The van der Waals surface area contributed by atoms with Gasteiger partial charge in [0.2, 0.25) is 11.8 Å². The van der Waals surface area contributed by atoms with Gasteiger partial charge >= 0.3 is 0 Å². The van der Waals surface area contributed by atoms with Crippen LogP contribution < -0.4 is 16.4 Å². The van der Waals surface area contributed by atoms with E-state index in [1.54, 1.807) is 18.9 Å². The number of carbonyl (C=O) groups is 2. The molecule has 1 unspecified atom stereocenters. The van der Waals surface area contributed by atoms with Crippen molar-refractivity contribution in [3.05, 3.63) is 22.2 Å². The molecular weight excluding hydrogens is 315 g/mol. The van der Waals surface area contributed by atoms with Gasteiger partial charge in [0.15, 0.2) is 0 Å². The van der Waals surface area contributed by atoms with Crippen LogP contribution in [0.2, 0.25) is 10.0 Å². The molecule has 8 heteroatoms. The van der Waals surface area contributed by atoms with Crippen LogP contribution >= 0.6 is 23.2 Å². The number of likely N-dealkylation sites (N-methyl/N-ethyl adjacent to an activating group) is 2. The van der Waals surface area contributed by atoms with Crippen LogP contribution in [0.5, 0.6) is 0 Å². The molecule has 116 valence electrons. The van der Waals surface area contributed by atoms with Gasteiger partial charge in [0.1, 0.15) is 0 Å². The van der Waals surface area contributed by atoms with E-state index in [0.717, 1.165) is 0 Å². The molecule has 2 amide bonds. The maximum absolute atomic E-state index is 12.2. The van der Waals surface area contributed by atoms with E-state index < -0.39 is 6.04 Å². The maximum atomic E-state index is 12.2. The number of amides is 2. The zero-order valence-electron chi connectivity index (χ0n) is 12.0. The number of rotatable bonds is 5. The monoisotopic (exact) mass is 332 g/mol. The molecule has 1 aromatic carbocycles. The van der Waals surface area contributed by atoms with Crippen LogP contribution in [0.25, 0.3) is 0 Å². The van der Waals surface area contributed by atoms with Crippen LogP contribution in [-0.2, 0) is 9.59 Å². The molecule has 0 aliphatic rings. The second-order valence-electron chi connectivity index (χ2n) is 4.61.